The fraction of sp³-hybridized carbons (Fsp3) is 0.231. The van der Waals surface area contributed by atoms with Crippen LogP contribution in [0.15, 0.2) is 36.8 Å². The van der Waals surface area contributed by atoms with E-state index in [2.05, 4.69) is 58.0 Å². The molecular formula is C13H14N4. The fourth-order valence-electron chi connectivity index (χ4n) is 2.20. The molecule has 0 amide bonds. The van der Waals surface area contributed by atoms with Crippen molar-refractivity contribution in [2.24, 2.45) is 0 Å². The smallest absolute Gasteiger partial charge is 0.161 e. The highest BCUT2D eigenvalue weighted by Crippen LogP contribution is 2.38. The fourth-order valence-corrected chi connectivity index (χ4v) is 2.20. The van der Waals surface area contributed by atoms with Crippen molar-refractivity contribution in [2.45, 2.75) is 6.92 Å². The summed E-state index contributed by atoms with van der Waals surface area (Å²) in [6, 6.07) is 8.36. The molecule has 1 aliphatic rings. The molecule has 0 aliphatic carbocycles. The van der Waals surface area contributed by atoms with Crippen LogP contribution in [0.25, 0.3) is 0 Å². The molecule has 0 saturated carbocycles. The van der Waals surface area contributed by atoms with Crippen molar-refractivity contribution in [3.63, 3.8) is 0 Å². The van der Waals surface area contributed by atoms with Crippen molar-refractivity contribution in [1.82, 2.24) is 9.97 Å². The minimum Gasteiger partial charge on any atom is -0.352 e. The van der Waals surface area contributed by atoms with Gasteiger partial charge in [0.2, 0.25) is 0 Å². The van der Waals surface area contributed by atoms with Crippen LogP contribution >= 0.6 is 0 Å². The number of fused-ring (bicyclic) bond motifs is 1. The normalized spacial score (nSPS) is 14.0. The first-order valence-electron chi connectivity index (χ1n) is 5.61. The van der Waals surface area contributed by atoms with Crippen LogP contribution in [-0.4, -0.2) is 23.7 Å². The Morgan fingerprint density at radius 3 is 2.82 bits per heavy atom. The zero-order valence-corrected chi connectivity index (χ0v) is 9.96. The van der Waals surface area contributed by atoms with E-state index in [9.17, 15) is 0 Å². The summed E-state index contributed by atoms with van der Waals surface area (Å²) >= 11 is 0. The Bertz CT molecular complexity index is 553. The highest BCUT2D eigenvalue weighted by atomic mass is 15.4. The van der Waals surface area contributed by atoms with Crippen molar-refractivity contribution < 1.29 is 0 Å². The second-order valence-electron chi connectivity index (χ2n) is 4.29. The number of rotatable bonds is 1. The van der Waals surface area contributed by atoms with Crippen molar-refractivity contribution in [2.75, 3.05) is 23.5 Å². The number of aromatic nitrogens is 2. The van der Waals surface area contributed by atoms with Gasteiger partial charge in [-0.25, -0.2) is 9.97 Å². The standard InChI is InChI=1S/C13H14N4/c1-10-5-3-4-6-11(10)17-9-16(2)12-7-14-8-15-13(12)17/h3-8H,9H2,1-2H3. The average molecular weight is 226 g/mol. The predicted molar refractivity (Wildman–Crippen MR) is 68.6 cm³/mol. The molecule has 0 bridgehead atoms. The molecule has 1 aliphatic heterocycles. The minimum atomic E-state index is 0.818. The molecule has 0 radical (unpaired) electrons. The molecule has 2 heterocycles. The first-order chi connectivity index (χ1) is 8.27. The van der Waals surface area contributed by atoms with Crippen LogP contribution in [0.1, 0.15) is 5.56 Å². The largest absolute Gasteiger partial charge is 0.352 e. The van der Waals surface area contributed by atoms with Crippen LogP contribution in [0.5, 0.6) is 0 Å². The SMILES string of the molecule is Cc1ccccc1N1CN(C)c2cncnc21. The summed E-state index contributed by atoms with van der Waals surface area (Å²) in [4.78, 5) is 12.8. The van der Waals surface area contributed by atoms with E-state index in [1.54, 1.807) is 6.33 Å². The third kappa shape index (κ3) is 1.53. The van der Waals surface area contributed by atoms with E-state index in [4.69, 9.17) is 0 Å². The Balaban J connectivity index is 2.11. The summed E-state index contributed by atoms with van der Waals surface area (Å²) in [6.07, 6.45) is 3.46. The van der Waals surface area contributed by atoms with Crippen molar-refractivity contribution in [1.29, 1.82) is 0 Å². The van der Waals surface area contributed by atoms with Crippen molar-refractivity contribution in [3.05, 3.63) is 42.4 Å². The molecule has 86 valence electrons. The maximum atomic E-state index is 4.38. The molecule has 0 saturated heterocycles. The lowest BCUT2D eigenvalue weighted by Crippen LogP contribution is -2.24. The number of anilines is 3. The summed E-state index contributed by atoms with van der Waals surface area (Å²) in [6.45, 7) is 2.94. The molecule has 0 atom stereocenters. The molecule has 3 rings (SSSR count). The van der Waals surface area contributed by atoms with Gasteiger partial charge in [0.05, 0.1) is 12.9 Å². The first kappa shape index (κ1) is 10.1. The summed E-state index contributed by atoms with van der Waals surface area (Å²) in [5.74, 6) is 0.983. The average Bonchev–Trinajstić information content (AvgIpc) is 2.68. The highest BCUT2D eigenvalue weighted by Gasteiger charge is 2.26. The van der Waals surface area contributed by atoms with Gasteiger partial charge in [-0.05, 0) is 18.6 Å². The lowest BCUT2D eigenvalue weighted by atomic mass is 10.2. The molecule has 0 unspecified atom stereocenters. The van der Waals surface area contributed by atoms with Gasteiger partial charge in [-0.1, -0.05) is 18.2 Å². The quantitative estimate of drug-likeness (QED) is 0.747. The van der Waals surface area contributed by atoms with Gasteiger partial charge in [0.15, 0.2) is 5.82 Å². The van der Waals surface area contributed by atoms with E-state index in [0.29, 0.717) is 0 Å². The summed E-state index contributed by atoms with van der Waals surface area (Å²) < 4.78 is 0. The molecular weight excluding hydrogens is 212 g/mol. The third-order valence-corrected chi connectivity index (χ3v) is 3.10. The Kier molecular flexibility index (Phi) is 2.21. The van der Waals surface area contributed by atoms with E-state index >= 15 is 0 Å². The van der Waals surface area contributed by atoms with E-state index in [1.165, 1.54) is 11.3 Å². The predicted octanol–water partition coefficient (Wildman–Crippen LogP) is 2.33. The molecule has 1 aromatic heterocycles. The van der Waals surface area contributed by atoms with Crippen LogP contribution in [0.3, 0.4) is 0 Å². The zero-order chi connectivity index (χ0) is 11.8. The molecule has 2 aromatic rings. The first-order valence-corrected chi connectivity index (χ1v) is 5.61. The van der Waals surface area contributed by atoms with Crippen LogP contribution < -0.4 is 9.80 Å². The van der Waals surface area contributed by atoms with Crippen molar-refractivity contribution in [3.8, 4) is 0 Å². The van der Waals surface area contributed by atoms with Gasteiger partial charge >= 0.3 is 0 Å². The second-order valence-corrected chi connectivity index (χ2v) is 4.29. The topological polar surface area (TPSA) is 32.3 Å². The monoisotopic (exact) mass is 226 g/mol. The number of para-hydroxylation sites is 1. The van der Waals surface area contributed by atoms with E-state index in [0.717, 1.165) is 18.2 Å². The Hall–Kier alpha value is -2.10. The molecule has 0 fully saturated rings. The van der Waals surface area contributed by atoms with Gasteiger partial charge in [-0.2, -0.15) is 0 Å². The molecule has 0 spiro atoms. The molecule has 4 nitrogen and oxygen atoms in total. The van der Waals surface area contributed by atoms with Crippen LogP contribution in [-0.2, 0) is 0 Å². The number of benzene rings is 1. The van der Waals surface area contributed by atoms with Gasteiger partial charge in [-0.15, -0.1) is 0 Å². The lowest BCUT2D eigenvalue weighted by Gasteiger charge is -2.20. The van der Waals surface area contributed by atoms with Gasteiger partial charge in [0.25, 0.3) is 0 Å². The number of hydrogen-bond acceptors (Lipinski definition) is 4. The molecule has 4 heteroatoms. The molecule has 0 N–H and O–H groups in total. The third-order valence-electron chi connectivity index (χ3n) is 3.10. The van der Waals surface area contributed by atoms with Gasteiger partial charge in [0.1, 0.15) is 12.0 Å². The Labute approximate surface area is 101 Å². The van der Waals surface area contributed by atoms with E-state index in [1.807, 2.05) is 6.20 Å². The second kappa shape index (κ2) is 3.73. The van der Waals surface area contributed by atoms with Gasteiger partial charge < -0.3 is 9.80 Å². The zero-order valence-electron chi connectivity index (χ0n) is 9.96. The van der Waals surface area contributed by atoms with Gasteiger partial charge in [-0.3, -0.25) is 0 Å². The van der Waals surface area contributed by atoms with Crippen LogP contribution in [0.2, 0.25) is 0 Å². The minimum absolute atomic E-state index is 0.818. The van der Waals surface area contributed by atoms with E-state index in [-0.39, 0.29) is 0 Å². The maximum absolute atomic E-state index is 4.38. The maximum Gasteiger partial charge on any atom is 0.161 e. The number of hydrogen-bond donors (Lipinski definition) is 0. The molecule has 17 heavy (non-hydrogen) atoms. The highest BCUT2D eigenvalue weighted by molar-refractivity contribution is 5.79. The van der Waals surface area contributed by atoms with Crippen LogP contribution in [0.4, 0.5) is 17.2 Å². The molecule has 1 aromatic carbocycles. The lowest BCUT2D eigenvalue weighted by molar-refractivity contribution is 0.940. The van der Waals surface area contributed by atoms with Crippen LogP contribution in [0, 0.1) is 6.92 Å². The summed E-state index contributed by atoms with van der Waals surface area (Å²) in [5, 5.41) is 0. The van der Waals surface area contributed by atoms with E-state index < -0.39 is 0 Å². The summed E-state index contributed by atoms with van der Waals surface area (Å²) in [7, 11) is 2.06. The van der Waals surface area contributed by atoms with Crippen molar-refractivity contribution >= 4 is 17.2 Å². The number of nitrogens with zero attached hydrogens (tertiary/aromatic N) is 4. The Morgan fingerprint density at radius 2 is 2.00 bits per heavy atom. The Morgan fingerprint density at radius 1 is 1.18 bits per heavy atom. The number of aryl methyl sites for hydroxylation is 1. The summed E-state index contributed by atoms with van der Waals surface area (Å²) in [5.41, 5.74) is 3.54. The van der Waals surface area contributed by atoms with Gasteiger partial charge in [0, 0.05) is 12.7 Å².